The molecule has 7 heavy (non-hydrogen) atoms. The fourth-order valence-corrected chi connectivity index (χ4v) is 0.433. The standard InChI is InChI=1S/C3H9ClGeO2/c1-5(4,6-2)7-3/h1-3H3. The molecule has 0 saturated carbocycles. The topological polar surface area (TPSA) is 18.5 Å². The molecule has 0 aliphatic carbocycles. The zero-order valence-electron chi connectivity index (χ0n) is 4.69. The average Bonchev–Trinajstić information content (AvgIpc) is 1.68. The molecule has 0 fully saturated rings. The van der Waals surface area contributed by atoms with Gasteiger partial charge in [0.15, 0.2) is 0 Å². The van der Waals surface area contributed by atoms with E-state index in [0.29, 0.717) is 0 Å². The molecule has 44 valence electrons. The Bertz CT molecular complexity index is 50.9. The van der Waals surface area contributed by atoms with E-state index in [-0.39, 0.29) is 0 Å². The van der Waals surface area contributed by atoms with Crippen molar-refractivity contribution < 1.29 is 7.53 Å². The number of rotatable bonds is 2. The van der Waals surface area contributed by atoms with Crippen molar-refractivity contribution in [1.29, 1.82) is 0 Å². The summed E-state index contributed by atoms with van der Waals surface area (Å²) in [5.74, 6) is 1.81. The first-order valence-corrected chi connectivity index (χ1v) is 8.48. The Balaban J connectivity index is 3.36. The Hall–Kier alpha value is 0.753. The predicted octanol–water partition coefficient (Wildman–Crippen LogP) is 1.09. The second-order valence-electron chi connectivity index (χ2n) is 1.24. The van der Waals surface area contributed by atoms with Crippen LogP contribution in [-0.4, -0.2) is 27.2 Å². The maximum atomic E-state index is 5.65. The summed E-state index contributed by atoms with van der Waals surface area (Å²) in [5.41, 5.74) is 0. The summed E-state index contributed by atoms with van der Waals surface area (Å²) >= 11 is -2.61. The fraction of sp³-hybridized carbons (Fsp3) is 1.00. The number of halogens is 1. The molecule has 0 bridgehead atoms. The summed E-state index contributed by atoms with van der Waals surface area (Å²) in [7, 11) is 8.78. The van der Waals surface area contributed by atoms with Crippen LogP contribution in [0.15, 0.2) is 0 Å². The van der Waals surface area contributed by atoms with Crippen LogP contribution in [0.2, 0.25) is 5.76 Å². The van der Waals surface area contributed by atoms with Crippen LogP contribution in [0.4, 0.5) is 0 Å². The van der Waals surface area contributed by atoms with Gasteiger partial charge in [0.05, 0.1) is 0 Å². The molecule has 0 aromatic carbocycles. The Morgan fingerprint density at radius 3 is 1.57 bits per heavy atom. The van der Waals surface area contributed by atoms with Gasteiger partial charge >= 0.3 is 50.5 Å². The van der Waals surface area contributed by atoms with Crippen LogP contribution in [0.1, 0.15) is 0 Å². The Kier molecular flexibility index (Phi) is 3.23. The maximum absolute atomic E-state index is 5.65. The monoisotopic (exact) mass is 186 g/mol. The summed E-state index contributed by atoms with van der Waals surface area (Å²) in [4.78, 5) is 0. The van der Waals surface area contributed by atoms with E-state index >= 15 is 0 Å². The third-order valence-corrected chi connectivity index (χ3v) is 5.39. The van der Waals surface area contributed by atoms with Gasteiger partial charge in [0.25, 0.3) is 0 Å². The van der Waals surface area contributed by atoms with Gasteiger partial charge in [-0.25, -0.2) is 0 Å². The summed E-state index contributed by atoms with van der Waals surface area (Å²) in [5, 5.41) is 0. The molecule has 0 rings (SSSR count). The van der Waals surface area contributed by atoms with Gasteiger partial charge in [-0.1, -0.05) is 0 Å². The third kappa shape index (κ3) is 3.35. The molecule has 0 saturated heterocycles. The summed E-state index contributed by atoms with van der Waals surface area (Å²) in [6.45, 7) is 0. The minimum absolute atomic E-state index is 1.57. The molecular weight excluding hydrogens is 176 g/mol. The molecular formula is C3H9ClGeO2. The molecule has 4 heteroatoms. The molecule has 0 radical (unpaired) electrons. The van der Waals surface area contributed by atoms with E-state index in [4.69, 9.17) is 17.5 Å². The molecule has 0 spiro atoms. The van der Waals surface area contributed by atoms with Crippen LogP contribution in [0.25, 0.3) is 0 Å². The van der Waals surface area contributed by atoms with E-state index in [1.807, 2.05) is 5.76 Å². The Morgan fingerprint density at radius 1 is 1.29 bits per heavy atom. The van der Waals surface area contributed by atoms with Crippen LogP contribution in [-0.2, 0) is 7.53 Å². The van der Waals surface area contributed by atoms with Gasteiger partial charge in [-0.05, 0) is 0 Å². The molecule has 0 aliphatic heterocycles. The second kappa shape index (κ2) is 2.92. The van der Waals surface area contributed by atoms with Crippen molar-refractivity contribution in [3.05, 3.63) is 0 Å². The van der Waals surface area contributed by atoms with Crippen molar-refractivity contribution in [3.8, 4) is 0 Å². The predicted molar refractivity (Wildman–Crippen MR) is 31.5 cm³/mol. The SMILES string of the molecule is C[O][Ge]([CH3])([Cl])[O]C. The Labute approximate surface area is 51.0 Å². The van der Waals surface area contributed by atoms with Crippen molar-refractivity contribution in [2.75, 3.05) is 14.2 Å². The molecule has 0 amide bonds. The molecule has 0 aliphatic rings. The van der Waals surface area contributed by atoms with Gasteiger partial charge in [-0.2, -0.15) is 0 Å². The number of hydrogen-bond donors (Lipinski definition) is 0. The van der Waals surface area contributed by atoms with Gasteiger partial charge in [0.1, 0.15) is 0 Å². The van der Waals surface area contributed by atoms with Gasteiger partial charge in [-0.3, -0.25) is 0 Å². The fourth-order valence-electron chi connectivity index (χ4n) is 0.0833. The first kappa shape index (κ1) is 7.75. The van der Waals surface area contributed by atoms with Crippen molar-refractivity contribution in [2.24, 2.45) is 0 Å². The average molecular weight is 185 g/mol. The first-order valence-electron chi connectivity index (χ1n) is 1.91. The van der Waals surface area contributed by atoms with Crippen molar-refractivity contribution in [1.82, 2.24) is 0 Å². The van der Waals surface area contributed by atoms with Gasteiger partial charge in [0, 0.05) is 0 Å². The van der Waals surface area contributed by atoms with Gasteiger partial charge in [-0.15, -0.1) is 0 Å². The Morgan fingerprint density at radius 2 is 1.57 bits per heavy atom. The van der Waals surface area contributed by atoms with Crippen LogP contribution in [0.3, 0.4) is 0 Å². The first-order chi connectivity index (χ1) is 3.12. The summed E-state index contributed by atoms with van der Waals surface area (Å²) in [6, 6.07) is 0. The molecule has 0 N–H and O–H groups in total. The van der Waals surface area contributed by atoms with E-state index < -0.39 is 13.0 Å². The van der Waals surface area contributed by atoms with Gasteiger partial charge < -0.3 is 0 Å². The molecule has 0 heterocycles. The van der Waals surface area contributed by atoms with Crippen LogP contribution >= 0.6 is 10.0 Å². The summed E-state index contributed by atoms with van der Waals surface area (Å²) < 4.78 is 9.64. The van der Waals surface area contributed by atoms with Crippen molar-refractivity contribution in [2.45, 2.75) is 5.76 Å². The van der Waals surface area contributed by atoms with Crippen LogP contribution < -0.4 is 0 Å². The number of hydrogen-bond acceptors (Lipinski definition) is 2. The van der Waals surface area contributed by atoms with Crippen LogP contribution in [0.5, 0.6) is 0 Å². The minimum atomic E-state index is -2.61. The zero-order valence-corrected chi connectivity index (χ0v) is 7.55. The van der Waals surface area contributed by atoms with Crippen LogP contribution in [0, 0.1) is 0 Å². The van der Waals surface area contributed by atoms with E-state index in [9.17, 15) is 0 Å². The third-order valence-electron chi connectivity index (χ3n) is 0.729. The molecule has 0 aromatic heterocycles. The van der Waals surface area contributed by atoms with Crippen molar-refractivity contribution >= 4 is 23.0 Å². The quantitative estimate of drug-likeness (QED) is 0.599. The van der Waals surface area contributed by atoms with E-state index in [2.05, 4.69) is 0 Å². The van der Waals surface area contributed by atoms with E-state index in [1.165, 1.54) is 0 Å². The molecule has 0 atom stereocenters. The van der Waals surface area contributed by atoms with E-state index in [0.717, 1.165) is 0 Å². The van der Waals surface area contributed by atoms with Gasteiger partial charge in [0.2, 0.25) is 0 Å². The molecule has 2 nitrogen and oxygen atoms in total. The molecule has 0 unspecified atom stereocenters. The summed E-state index contributed by atoms with van der Waals surface area (Å²) in [6.07, 6.45) is 0. The normalized spacial score (nSPS) is 12.0. The molecule has 0 aromatic rings. The second-order valence-corrected chi connectivity index (χ2v) is 10.0. The van der Waals surface area contributed by atoms with Crippen molar-refractivity contribution in [3.63, 3.8) is 0 Å². The zero-order chi connectivity index (χ0) is 5.91. The van der Waals surface area contributed by atoms with E-state index in [1.54, 1.807) is 14.2 Å².